The Labute approximate surface area is 165 Å². The summed E-state index contributed by atoms with van der Waals surface area (Å²) in [4.78, 5) is 41.5. The maximum absolute atomic E-state index is 13.6. The predicted molar refractivity (Wildman–Crippen MR) is 111 cm³/mol. The molecule has 0 spiro atoms. The van der Waals surface area contributed by atoms with Gasteiger partial charge in [-0.05, 0) is 58.1 Å². The van der Waals surface area contributed by atoms with Crippen LogP contribution in [-0.2, 0) is 0 Å². The highest BCUT2D eigenvalue weighted by Gasteiger charge is 2.28. The van der Waals surface area contributed by atoms with Crippen LogP contribution in [-0.4, -0.2) is 15.3 Å². The van der Waals surface area contributed by atoms with E-state index in [-0.39, 0.29) is 23.4 Å². The van der Waals surface area contributed by atoms with Gasteiger partial charge in [0.2, 0.25) is 5.78 Å². The lowest BCUT2D eigenvalue weighted by atomic mass is 9.94. The number of rotatable bonds is 5. The van der Waals surface area contributed by atoms with Crippen LogP contribution in [0.3, 0.4) is 0 Å². The fraction of sp³-hybridized carbons (Fsp3) is 0.435. The summed E-state index contributed by atoms with van der Waals surface area (Å²) in [6.07, 6.45) is 5.08. The minimum atomic E-state index is -0.526. The first-order valence-corrected chi connectivity index (χ1v) is 9.91. The molecule has 0 radical (unpaired) electrons. The van der Waals surface area contributed by atoms with Gasteiger partial charge in [-0.15, -0.1) is 0 Å². The molecule has 1 aliphatic rings. The Kier molecular flexibility index (Phi) is 5.54. The van der Waals surface area contributed by atoms with Crippen LogP contribution >= 0.6 is 0 Å². The lowest BCUT2D eigenvalue weighted by molar-refractivity contribution is 0.102. The second-order valence-electron chi connectivity index (χ2n) is 8.10. The number of nitrogens with zero attached hydrogens (tertiary/aromatic N) is 1. The van der Waals surface area contributed by atoms with E-state index >= 15 is 0 Å². The Morgan fingerprint density at radius 3 is 2.25 bits per heavy atom. The van der Waals surface area contributed by atoms with Crippen LogP contribution in [0.4, 0.5) is 0 Å². The Morgan fingerprint density at radius 1 is 1.07 bits per heavy atom. The molecule has 0 amide bonds. The summed E-state index contributed by atoms with van der Waals surface area (Å²) in [6, 6.07) is 5.36. The summed E-state index contributed by atoms with van der Waals surface area (Å²) in [5.41, 5.74) is 3.17. The third-order valence-electron chi connectivity index (χ3n) is 5.46. The summed E-state index contributed by atoms with van der Waals surface area (Å²) < 4.78 is 1.49. The van der Waals surface area contributed by atoms with Crippen LogP contribution in [0.25, 0.3) is 0 Å². The zero-order valence-corrected chi connectivity index (χ0v) is 17.3. The molecule has 0 bridgehead atoms. The molecular weight excluding hydrogens is 352 g/mol. The fourth-order valence-electron chi connectivity index (χ4n) is 4.18. The molecule has 1 unspecified atom stereocenters. The molecule has 1 N–H and O–H groups in total. The SMILES string of the molecule is Cc1cc(C)cc(C(=O)c2c(C(C)C)c(=O)[nH]c(=O)n2C(C)C2=CCCC2)c1. The van der Waals surface area contributed by atoms with Crippen molar-refractivity contribution in [3.63, 3.8) is 0 Å². The molecule has 0 saturated carbocycles. The zero-order chi connectivity index (χ0) is 20.6. The normalized spacial score (nSPS) is 15.0. The Balaban J connectivity index is 2.31. The highest BCUT2D eigenvalue weighted by Crippen LogP contribution is 2.30. The van der Waals surface area contributed by atoms with E-state index < -0.39 is 11.2 Å². The van der Waals surface area contributed by atoms with E-state index in [0.29, 0.717) is 11.1 Å². The van der Waals surface area contributed by atoms with E-state index in [1.54, 1.807) is 0 Å². The van der Waals surface area contributed by atoms with Gasteiger partial charge >= 0.3 is 5.69 Å². The van der Waals surface area contributed by atoms with E-state index in [9.17, 15) is 14.4 Å². The maximum atomic E-state index is 13.6. The molecule has 1 heterocycles. The first-order chi connectivity index (χ1) is 13.2. The van der Waals surface area contributed by atoms with Crippen LogP contribution in [0.5, 0.6) is 0 Å². The molecule has 2 aromatic rings. The lowest BCUT2D eigenvalue weighted by Gasteiger charge is -2.23. The molecule has 28 heavy (non-hydrogen) atoms. The third kappa shape index (κ3) is 3.66. The smallest absolute Gasteiger partial charge is 0.287 e. The standard InChI is InChI=1S/C23H28N2O3/c1-13(2)19-20(21(26)18-11-14(3)10-15(4)12-18)25(23(28)24-22(19)27)16(5)17-8-6-7-9-17/h8,10-13,16H,6-7,9H2,1-5H3,(H,24,27,28). The van der Waals surface area contributed by atoms with E-state index in [2.05, 4.69) is 11.1 Å². The molecule has 5 heteroatoms. The van der Waals surface area contributed by atoms with Crippen molar-refractivity contribution in [1.82, 2.24) is 9.55 Å². The predicted octanol–water partition coefficient (Wildman–Crippen LogP) is 4.18. The summed E-state index contributed by atoms with van der Waals surface area (Å²) >= 11 is 0. The first kappa shape index (κ1) is 20.1. The number of allylic oxidation sites excluding steroid dienone is 2. The molecular formula is C23H28N2O3. The highest BCUT2D eigenvalue weighted by molar-refractivity contribution is 6.09. The lowest BCUT2D eigenvalue weighted by Crippen LogP contribution is -2.39. The topological polar surface area (TPSA) is 71.9 Å². The Bertz CT molecular complexity index is 1050. The molecule has 0 saturated heterocycles. The molecule has 1 aliphatic carbocycles. The zero-order valence-electron chi connectivity index (χ0n) is 17.3. The van der Waals surface area contributed by atoms with Gasteiger partial charge in [-0.2, -0.15) is 0 Å². The first-order valence-electron chi connectivity index (χ1n) is 9.91. The average Bonchev–Trinajstić information content (AvgIpc) is 3.13. The molecule has 1 atom stereocenters. The molecule has 148 valence electrons. The van der Waals surface area contributed by atoms with E-state index in [4.69, 9.17) is 0 Å². The molecule has 1 aromatic carbocycles. The largest absolute Gasteiger partial charge is 0.329 e. The Hall–Kier alpha value is -2.69. The number of hydrogen-bond acceptors (Lipinski definition) is 3. The van der Waals surface area contributed by atoms with Gasteiger partial charge in [0.05, 0.1) is 6.04 Å². The van der Waals surface area contributed by atoms with Crippen LogP contribution in [0.2, 0.25) is 0 Å². The fourth-order valence-corrected chi connectivity index (χ4v) is 4.18. The maximum Gasteiger partial charge on any atom is 0.329 e. The van der Waals surface area contributed by atoms with Crippen LogP contribution < -0.4 is 11.2 Å². The number of carbonyl (C=O) groups is 1. The van der Waals surface area contributed by atoms with E-state index in [0.717, 1.165) is 36.0 Å². The number of aromatic amines is 1. The number of carbonyl (C=O) groups excluding carboxylic acids is 1. The van der Waals surface area contributed by atoms with Crippen LogP contribution in [0, 0.1) is 13.8 Å². The van der Waals surface area contributed by atoms with Crippen LogP contribution in [0.1, 0.15) is 84.7 Å². The van der Waals surface area contributed by atoms with Crippen molar-refractivity contribution in [3.05, 3.63) is 78.6 Å². The molecule has 0 aliphatic heterocycles. The number of nitrogens with one attached hydrogen (secondary N) is 1. The second kappa shape index (κ2) is 7.74. The van der Waals surface area contributed by atoms with Gasteiger partial charge in [-0.1, -0.05) is 42.7 Å². The third-order valence-corrected chi connectivity index (χ3v) is 5.46. The number of aryl methyl sites for hydroxylation is 2. The number of ketones is 1. The van der Waals surface area contributed by atoms with Crippen molar-refractivity contribution in [3.8, 4) is 0 Å². The summed E-state index contributed by atoms with van der Waals surface area (Å²) in [5, 5.41) is 0. The average molecular weight is 380 g/mol. The minimum absolute atomic E-state index is 0.190. The number of H-pyrrole nitrogens is 1. The van der Waals surface area contributed by atoms with Gasteiger partial charge in [0.25, 0.3) is 5.56 Å². The van der Waals surface area contributed by atoms with Gasteiger partial charge in [0, 0.05) is 11.1 Å². The number of hydrogen-bond donors (Lipinski definition) is 1. The van der Waals surface area contributed by atoms with Crippen molar-refractivity contribution in [2.45, 2.75) is 65.8 Å². The quantitative estimate of drug-likeness (QED) is 0.625. The van der Waals surface area contributed by atoms with Crippen molar-refractivity contribution in [2.75, 3.05) is 0 Å². The summed E-state index contributed by atoms with van der Waals surface area (Å²) in [7, 11) is 0. The van der Waals surface area contributed by atoms with Gasteiger partial charge in [-0.3, -0.25) is 19.1 Å². The molecule has 0 fully saturated rings. The van der Waals surface area contributed by atoms with Crippen molar-refractivity contribution >= 4 is 5.78 Å². The van der Waals surface area contributed by atoms with Crippen molar-refractivity contribution in [2.24, 2.45) is 0 Å². The Morgan fingerprint density at radius 2 is 1.71 bits per heavy atom. The summed E-state index contributed by atoms with van der Waals surface area (Å²) in [6.45, 7) is 9.54. The van der Waals surface area contributed by atoms with Gasteiger partial charge in [0.1, 0.15) is 5.69 Å². The van der Waals surface area contributed by atoms with Gasteiger partial charge in [0.15, 0.2) is 0 Å². The van der Waals surface area contributed by atoms with Gasteiger partial charge < -0.3 is 0 Å². The van der Waals surface area contributed by atoms with E-state index in [1.807, 2.05) is 52.8 Å². The minimum Gasteiger partial charge on any atom is -0.287 e. The van der Waals surface area contributed by atoms with Crippen molar-refractivity contribution in [1.29, 1.82) is 0 Å². The number of aromatic nitrogens is 2. The monoisotopic (exact) mass is 380 g/mol. The molecule has 3 rings (SSSR count). The molecule has 5 nitrogen and oxygen atoms in total. The van der Waals surface area contributed by atoms with Crippen LogP contribution in [0.15, 0.2) is 39.4 Å². The van der Waals surface area contributed by atoms with Crippen molar-refractivity contribution < 1.29 is 4.79 Å². The summed E-state index contributed by atoms with van der Waals surface area (Å²) in [5.74, 6) is -0.464. The second-order valence-corrected chi connectivity index (χ2v) is 8.10. The number of benzene rings is 1. The van der Waals surface area contributed by atoms with E-state index in [1.165, 1.54) is 4.57 Å². The van der Waals surface area contributed by atoms with Gasteiger partial charge in [-0.25, -0.2) is 4.79 Å². The molecule has 1 aromatic heterocycles. The highest BCUT2D eigenvalue weighted by atomic mass is 16.2.